The first-order valence-electron chi connectivity index (χ1n) is 0. The molecule has 2 radical (unpaired) electrons. The van der Waals surface area contributed by atoms with Crippen molar-refractivity contribution in [2.24, 2.45) is 0 Å². The zero-order chi connectivity index (χ0) is 0. The van der Waals surface area contributed by atoms with Gasteiger partial charge in [-0.05, 0) is 0 Å². The first-order valence-corrected chi connectivity index (χ1v) is 0. The fraction of sp³-hybridized carbons (Fsp3) is 0. The molecule has 0 unspecified atom stereocenters. The topological polar surface area (TPSA) is 0 Å². The van der Waals surface area contributed by atoms with Crippen LogP contribution in [0, 0.1) is 0 Å². The summed E-state index contributed by atoms with van der Waals surface area (Å²) in [5, 5.41) is 0. The van der Waals surface area contributed by atoms with Crippen LogP contribution in [-0.4, -0.2) is 17.4 Å². The zero-order valence-corrected chi connectivity index (χ0v) is 7.32. The van der Waals surface area contributed by atoms with E-state index in [2.05, 4.69) is 0 Å². The molecule has 0 aliphatic carbocycles. The van der Waals surface area contributed by atoms with Crippen LogP contribution in [-0.2, 0) is 50.6 Å². The molecule has 0 aromatic carbocycles. The molecule has 0 bridgehead atoms. The molecule has 0 heterocycles. The van der Waals surface area contributed by atoms with Crippen LogP contribution >= 0.6 is 0 Å². The molecule has 0 nitrogen and oxygen atoms in total. The SMILES string of the molecule is [AlH2].[Fe].[Mn].[Ni]. The Bertz CT molecular complexity index is 8.00. The molecule has 0 aromatic rings. The molecule has 0 fully saturated rings. The Kier molecular flexibility index (Phi) is 179. The quantitative estimate of drug-likeness (QED) is 0.442. The van der Waals surface area contributed by atoms with Crippen LogP contribution in [0.3, 0.4) is 0 Å². The van der Waals surface area contributed by atoms with Gasteiger partial charge >= 0.3 is 0 Å². The van der Waals surface area contributed by atoms with Gasteiger partial charge in [0.05, 0.1) is 0 Å². The van der Waals surface area contributed by atoms with Crippen molar-refractivity contribution in [3.05, 3.63) is 0 Å². The van der Waals surface area contributed by atoms with Gasteiger partial charge in [-0.2, -0.15) is 0 Å². The van der Waals surface area contributed by atoms with E-state index in [0.717, 1.165) is 0 Å². The summed E-state index contributed by atoms with van der Waals surface area (Å²) in [6.45, 7) is 0. The van der Waals surface area contributed by atoms with Gasteiger partial charge in [0, 0.05) is 50.6 Å². The van der Waals surface area contributed by atoms with E-state index in [1.807, 2.05) is 0 Å². The number of rotatable bonds is 0. The smallest absolute Gasteiger partial charge is 0 e. The maximum Gasteiger partial charge on any atom is 0.146 e. The summed E-state index contributed by atoms with van der Waals surface area (Å²) in [5.74, 6) is 0. The number of hydrogen-bond donors (Lipinski definition) is 0. The molecule has 0 aliphatic heterocycles. The van der Waals surface area contributed by atoms with E-state index in [9.17, 15) is 0 Å². The molecule has 0 amide bonds. The molecule has 0 rings (SSSR count). The molecule has 0 atom stereocenters. The van der Waals surface area contributed by atoms with Crippen LogP contribution in [0.5, 0.6) is 0 Å². The van der Waals surface area contributed by atoms with Gasteiger partial charge in [0.25, 0.3) is 0 Å². The first kappa shape index (κ1) is 36.5. The predicted molar refractivity (Wildman–Crippen MR) is 8.54 cm³/mol. The molecule has 4 heteroatoms. The second kappa shape index (κ2) is 19.6. The summed E-state index contributed by atoms with van der Waals surface area (Å²) in [7, 11) is 0. The molecular weight excluding hydrogens is 196 g/mol. The molecular formula is H2AlFeMnNi. The summed E-state index contributed by atoms with van der Waals surface area (Å²) in [4.78, 5) is 0. The Morgan fingerprint density at radius 1 is 1.00 bits per heavy atom. The third-order valence-corrected chi connectivity index (χ3v) is 0. The Morgan fingerprint density at radius 2 is 1.00 bits per heavy atom. The van der Waals surface area contributed by atoms with E-state index in [-0.39, 0.29) is 68.0 Å². The van der Waals surface area contributed by atoms with Gasteiger partial charge in [-0.3, -0.25) is 0 Å². The van der Waals surface area contributed by atoms with E-state index in [0.29, 0.717) is 0 Å². The Hall–Kier alpha value is 2.06. The van der Waals surface area contributed by atoms with Crippen LogP contribution in [0.25, 0.3) is 0 Å². The monoisotopic (exact) mass is 198 g/mol. The van der Waals surface area contributed by atoms with Crippen LogP contribution in [0.15, 0.2) is 0 Å². The maximum atomic E-state index is 0. The van der Waals surface area contributed by atoms with Crippen molar-refractivity contribution in [2.75, 3.05) is 0 Å². The van der Waals surface area contributed by atoms with Crippen LogP contribution in [0.4, 0.5) is 0 Å². The van der Waals surface area contributed by atoms with Gasteiger partial charge in [-0.25, -0.2) is 0 Å². The largest absolute Gasteiger partial charge is 0.146 e. The fourth-order valence-corrected chi connectivity index (χ4v) is 0. The van der Waals surface area contributed by atoms with Crippen molar-refractivity contribution in [2.45, 2.75) is 0 Å². The molecule has 30 valence electrons. The summed E-state index contributed by atoms with van der Waals surface area (Å²) in [5.41, 5.74) is 0. The fourth-order valence-electron chi connectivity index (χ4n) is 0. The Morgan fingerprint density at radius 3 is 1.00 bits per heavy atom. The first-order chi connectivity index (χ1) is 0. The molecule has 0 saturated carbocycles. The van der Waals surface area contributed by atoms with Gasteiger partial charge in [0.2, 0.25) is 0 Å². The molecule has 4 heavy (non-hydrogen) atoms. The minimum atomic E-state index is 0. The average molecular weight is 198 g/mol. The minimum Gasteiger partial charge on any atom is 0 e. The summed E-state index contributed by atoms with van der Waals surface area (Å²) >= 11 is 0. The predicted octanol–water partition coefficient (Wildman–Crippen LogP) is -0.924. The zero-order valence-electron chi connectivity index (χ0n) is 2.05. The van der Waals surface area contributed by atoms with E-state index < -0.39 is 0 Å². The van der Waals surface area contributed by atoms with Crippen LogP contribution < -0.4 is 0 Å². The standard InChI is InChI=1S/Al.Fe.Mn.Ni.2H. The van der Waals surface area contributed by atoms with Crippen molar-refractivity contribution in [1.82, 2.24) is 0 Å². The van der Waals surface area contributed by atoms with Crippen molar-refractivity contribution >= 4 is 17.4 Å². The van der Waals surface area contributed by atoms with Gasteiger partial charge in [-0.15, -0.1) is 0 Å². The molecule has 0 saturated heterocycles. The van der Waals surface area contributed by atoms with Crippen molar-refractivity contribution in [3.63, 3.8) is 0 Å². The van der Waals surface area contributed by atoms with E-state index in [1.165, 1.54) is 0 Å². The van der Waals surface area contributed by atoms with E-state index in [4.69, 9.17) is 0 Å². The van der Waals surface area contributed by atoms with Crippen LogP contribution in [0.1, 0.15) is 0 Å². The normalized spacial score (nSPS) is 0. The van der Waals surface area contributed by atoms with E-state index in [1.54, 1.807) is 0 Å². The third-order valence-electron chi connectivity index (χ3n) is 0. The number of hydrogen-bond acceptors (Lipinski definition) is 0. The third kappa shape index (κ3) is 8.96. The van der Waals surface area contributed by atoms with Crippen molar-refractivity contribution < 1.29 is 50.6 Å². The molecule has 0 aliphatic rings. The molecule has 0 aromatic heterocycles. The van der Waals surface area contributed by atoms with Crippen molar-refractivity contribution in [3.8, 4) is 0 Å². The second-order valence-corrected chi connectivity index (χ2v) is 0. The molecule has 0 N–H and O–H groups in total. The van der Waals surface area contributed by atoms with Gasteiger partial charge in [0.1, 0.15) is 17.4 Å². The van der Waals surface area contributed by atoms with Gasteiger partial charge < -0.3 is 0 Å². The van der Waals surface area contributed by atoms with Gasteiger partial charge in [0.15, 0.2) is 0 Å². The summed E-state index contributed by atoms with van der Waals surface area (Å²) in [6.07, 6.45) is 0. The van der Waals surface area contributed by atoms with E-state index >= 15 is 0 Å². The molecule has 0 spiro atoms. The van der Waals surface area contributed by atoms with Crippen molar-refractivity contribution in [1.29, 1.82) is 0 Å². The Balaban J connectivity index is 0. The van der Waals surface area contributed by atoms with Crippen LogP contribution in [0.2, 0.25) is 0 Å². The minimum absolute atomic E-state index is 0. The summed E-state index contributed by atoms with van der Waals surface area (Å²) < 4.78 is 0. The maximum absolute atomic E-state index is 0. The average Bonchev–Trinajstić information content (AvgIpc) is 0. The van der Waals surface area contributed by atoms with Gasteiger partial charge in [-0.1, -0.05) is 0 Å². The summed E-state index contributed by atoms with van der Waals surface area (Å²) in [6, 6.07) is 0. The second-order valence-electron chi connectivity index (χ2n) is 0. The Labute approximate surface area is 67.5 Å².